The first kappa shape index (κ1) is 17.7. The molecular formula is C22H28N2O. The van der Waals surface area contributed by atoms with E-state index in [1.165, 1.54) is 24.0 Å². The quantitative estimate of drug-likeness (QED) is 0.770. The number of para-hydroxylation sites is 1. The van der Waals surface area contributed by atoms with E-state index in [1.54, 1.807) is 7.11 Å². The molecule has 3 heteroatoms. The lowest BCUT2D eigenvalue weighted by Crippen LogP contribution is -2.42. The molecule has 2 aromatic carbocycles. The van der Waals surface area contributed by atoms with Crippen LogP contribution >= 0.6 is 0 Å². The van der Waals surface area contributed by atoms with Crippen LogP contribution in [0.5, 0.6) is 5.75 Å². The third-order valence-electron chi connectivity index (χ3n) is 4.94. The Hall–Kier alpha value is -2.10. The third kappa shape index (κ3) is 4.71. The number of hydrogen-bond acceptors (Lipinski definition) is 3. The van der Waals surface area contributed by atoms with E-state index in [2.05, 4.69) is 47.1 Å². The SMILES string of the molecule is C=CCN1CCC(NCc2ccc(-c3ccccc3OC)cc2)CC1. The van der Waals surface area contributed by atoms with Gasteiger partial charge >= 0.3 is 0 Å². The van der Waals surface area contributed by atoms with Crippen molar-refractivity contribution in [2.24, 2.45) is 0 Å². The number of likely N-dealkylation sites (tertiary alicyclic amines) is 1. The van der Waals surface area contributed by atoms with Crippen LogP contribution in [0.1, 0.15) is 18.4 Å². The average molecular weight is 336 g/mol. The molecule has 0 aliphatic carbocycles. The van der Waals surface area contributed by atoms with Gasteiger partial charge in [-0.2, -0.15) is 0 Å². The van der Waals surface area contributed by atoms with E-state index in [0.717, 1.165) is 37.5 Å². The maximum absolute atomic E-state index is 5.46. The molecule has 0 amide bonds. The fourth-order valence-corrected chi connectivity index (χ4v) is 3.45. The molecule has 0 spiro atoms. The van der Waals surface area contributed by atoms with Crippen molar-refractivity contribution in [1.29, 1.82) is 0 Å². The van der Waals surface area contributed by atoms with E-state index in [-0.39, 0.29) is 0 Å². The second-order valence-corrected chi connectivity index (χ2v) is 6.64. The maximum Gasteiger partial charge on any atom is 0.126 e. The van der Waals surface area contributed by atoms with Gasteiger partial charge in [0.1, 0.15) is 5.75 Å². The first-order chi connectivity index (χ1) is 12.3. The Morgan fingerprint density at radius 2 is 1.84 bits per heavy atom. The average Bonchev–Trinajstić information content (AvgIpc) is 2.68. The van der Waals surface area contributed by atoms with E-state index >= 15 is 0 Å². The minimum Gasteiger partial charge on any atom is -0.496 e. The van der Waals surface area contributed by atoms with Gasteiger partial charge in [0.25, 0.3) is 0 Å². The summed E-state index contributed by atoms with van der Waals surface area (Å²) in [4.78, 5) is 2.47. The van der Waals surface area contributed by atoms with Crippen LogP contribution < -0.4 is 10.1 Å². The largest absolute Gasteiger partial charge is 0.496 e. The van der Waals surface area contributed by atoms with E-state index in [9.17, 15) is 0 Å². The molecular weight excluding hydrogens is 308 g/mol. The highest BCUT2D eigenvalue weighted by atomic mass is 16.5. The van der Waals surface area contributed by atoms with Crippen molar-refractivity contribution in [3.63, 3.8) is 0 Å². The molecule has 0 atom stereocenters. The normalized spacial score (nSPS) is 15.9. The van der Waals surface area contributed by atoms with Crippen LogP contribution in [0.3, 0.4) is 0 Å². The summed E-state index contributed by atoms with van der Waals surface area (Å²) < 4.78 is 5.46. The number of rotatable bonds is 7. The van der Waals surface area contributed by atoms with Gasteiger partial charge in [-0.3, -0.25) is 4.90 Å². The number of nitrogens with one attached hydrogen (secondary N) is 1. The van der Waals surface area contributed by atoms with Crippen LogP contribution in [-0.2, 0) is 6.54 Å². The van der Waals surface area contributed by atoms with Gasteiger partial charge in [-0.25, -0.2) is 0 Å². The maximum atomic E-state index is 5.46. The molecule has 1 fully saturated rings. The molecule has 3 nitrogen and oxygen atoms in total. The molecule has 0 saturated carbocycles. The number of hydrogen-bond donors (Lipinski definition) is 1. The molecule has 1 saturated heterocycles. The second-order valence-electron chi connectivity index (χ2n) is 6.64. The van der Waals surface area contributed by atoms with Gasteiger partial charge in [-0.15, -0.1) is 6.58 Å². The summed E-state index contributed by atoms with van der Waals surface area (Å²) in [7, 11) is 1.72. The van der Waals surface area contributed by atoms with Crippen molar-refractivity contribution in [3.05, 3.63) is 66.7 Å². The Kier molecular flexibility index (Phi) is 6.26. The number of benzene rings is 2. The van der Waals surface area contributed by atoms with Crippen molar-refractivity contribution in [2.45, 2.75) is 25.4 Å². The molecule has 0 radical (unpaired) electrons. The van der Waals surface area contributed by atoms with Crippen molar-refractivity contribution in [3.8, 4) is 16.9 Å². The minimum atomic E-state index is 0.620. The van der Waals surface area contributed by atoms with Gasteiger partial charge in [0.15, 0.2) is 0 Å². The lowest BCUT2D eigenvalue weighted by molar-refractivity contribution is 0.214. The smallest absolute Gasteiger partial charge is 0.126 e. The summed E-state index contributed by atoms with van der Waals surface area (Å²) in [6.07, 6.45) is 4.43. The molecule has 1 aliphatic rings. The summed E-state index contributed by atoms with van der Waals surface area (Å²) >= 11 is 0. The standard InChI is InChI=1S/C22H28N2O/c1-3-14-24-15-12-20(13-16-24)23-17-18-8-10-19(11-9-18)21-6-4-5-7-22(21)25-2/h3-11,20,23H,1,12-17H2,2H3. The predicted octanol–water partition coefficient (Wildman–Crippen LogP) is 4.10. The van der Waals surface area contributed by atoms with E-state index in [0.29, 0.717) is 6.04 Å². The number of ether oxygens (including phenoxy) is 1. The fourth-order valence-electron chi connectivity index (χ4n) is 3.45. The lowest BCUT2D eigenvalue weighted by atomic mass is 10.0. The van der Waals surface area contributed by atoms with E-state index in [4.69, 9.17) is 4.74 Å². The van der Waals surface area contributed by atoms with Gasteiger partial charge < -0.3 is 10.1 Å². The highest BCUT2D eigenvalue weighted by molar-refractivity contribution is 5.70. The molecule has 0 unspecified atom stereocenters. The zero-order valence-electron chi connectivity index (χ0n) is 15.1. The van der Waals surface area contributed by atoms with Gasteiger partial charge in [-0.1, -0.05) is 48.5 Å². The summed E-state index contributed by atoms with van der Waals surface area (Å²) in [5.41, 5.74) is 3.66. The lowest BCUT2D eigenvalue weighted by Gasteiger charge is -2.31. The van der Waals surface area contributed by atoms with Crippen LogP contribution in [0.25, 0.3) is 11.1 Å². The number of methoxy groups -OCH3 is 1. The fraction of sp³-hybridized carbons (Fsp3) is 0.364. The van der Waals surface area contributed by atoms with E-state index < -0.39 is 0 Å². The Morgan fingerprint density at radius 3 is 2.52 bits per heavy atom. The van der Waals surface area contributed by atoms with E-state index in [1.807, 2.05) is 24.3 Å². The third-order valence-corrected chi connectivity index (χ3v) is 4.94. The van der Waals surface area contributed by atoms with Crippen molar-refractivity contribution in [1.82, 2.24) is 10.2 Å². The van der Waals surface area contributed by atoms with Gasteiger partial charge in [0.05, 0.1) is 7.11 Å². The second kappa shape index (κ2) is 8.84. The van der Waals surface area contributed by atoms with Crippen LogP contribution in [-0.4, -0.2) is 37.7 Å². The summed E-state index contributed by atoms with van der Waals surface area (Å²) in [5, 5.41) is 3.71. The number of piperidine rings is 1. The van der Waals surface area contributed by atoms with Gasteiger partial charge in [-0.05, 0) is 43.1 Å². The molecule has 132 valence electrons. The van der Waals surface area contributed by atoms with Crippen molar-refractivity contribution < 1.29 is 4.74 Å². The van der Waals surface area contributed by atoms with Crippen LogP contribution in [0.4, 0.5) is 0 Å². The van der Waals surface area contributed by atoms with Crippen LogP contribution in [0.2, 0.25) is 0 Å². The summed E-state index contributed by atoms with van der Waals surface area (Å²) in [5.74, 6) is 0.916. The zero-order chi connectivity index (χ0) is 17.5. The van der Waals surface area contributed by atoms with Crippen LogP contribution in [0, 0.1) is 0 Å². The molecule has 3 rings (SSSR count). The molecule has 25 heavy (non-hydrogen) atoms. The Balaban J connectivity index is 1.54. The Bertz CT molecular complexity index is 673. The van der Waals surface area contributed by atoms with Crippen molar-refractivity contribution in [2.75, 3.05) is 26.7 Å². The molecule has 1 aliphatic heterocycles. The first-order valence-electron chi connectivity index (χ1n) is 9.09. The van der Waals surface area contributed by atoms with Gasteiger partial charge in [0, 0.05) is 24.7 Å². The Morgan fingerprint density at radius 1 is 1.12 bits per heavy atom. The van der Waals surface area contributed by atoms with Crippen molar-refractivity contribution >= 4 is 0 Å². The minimum absolute atomic E-state index is 0.620. The van der Waals surface area contributed by atoms with Crippen LogP contribution in [0.15, 0.2) is 61.2 Å². The Labute approximate surface area is 151 Å². The monoisotopic (exact) mass is 336 g/mol. The predicted molar refractivity (Wildman–Crippen MR) is 105 cm³/mol. The molecule has 2 aromatic rings. The first-order valence-corrected chi connectivity index (χ1v) is 9.09. The highest BCUT2D eigenvalue weighted by Crippen LogP contribution is 2.29. The summed E-state index contributed by atoms with van der Waals surface area (Å²) in [6, 6.07) is 17.6. The molecule has 0 bridgehead atoms. The summed E-state index contributed by atoms with van der Waals surface area (Å²) in [6.45, 7) is 8.09. The highest BCUT2D eigenvalue weighted by Gasteiger charge is 2.17. The number of nitrogens with zero attached hydrogens (tertiary/aromatic N) is 1. The van der Waals surface area contributed by atoms with Gasteiger partial charge in [0.2, 0.25) is 0 Å². The molecule has 0 aromatic heterocycles. The molecule has 1 N–H and O–H groups in total. The zero-order valence-corrected chi connectivity index (χ0v) is 15.1. The topological polar surface area (TPSA) is 24.5 Å². The molecule has 1 heterocycles.